The molecule has 0 saturated carbocycles. The van der Waals surface area contributed by atoms with Gasteiger partial charge in [0.2, 0.25) is 0 Å². The molecule has 0 saturated heterocycles. The number of benzene rings is 1. The van der Waals surface area contributed by atoms with Crippen molar-refractivity contribution in [3.63, 3.8) is 0 Å². The predicted molar refractivity (Wildman–Crippen MR) is 98.4 cm³/mol. The van der Waals surface area contributed by atoms with Gasteiger partial charge in [-0.2, -0.15) is 0 Å². The standard InChI is InChI=1S/C17H20ClFN2O2S/c1-23-17(22)13-7-11(9-18)20-10-16(13)21-15-6-5-12(8-14(15)19)24(2,3)4/h5-8,10,21H,9H2,1-4H3. The summed E-state index contributed by atoms with van der Waals surface area (Å²) in [5, 5.41) is 2.91. The van der Waals surface area contributed by atoms with E-state index in [1.807, 2.05) is 6.07 Å². The smallest absolute Gasteiger partial charge is 0.340 e. The number of methoxy groups -OCH3 is 1. The molecule has 130 valence electrons. The maximum atomic E-state index is 14.4. The summed E-state index contributed by atoms with van der Waals surface area (Å²) in [7, 11) is 0.268. The molecule has 0 spiro atoms. The van der Waals surface area contributed by atoms with Gasteiger partial charge in [0.1, 0.15) is 5.82 Å². The summed E-state index contributed by atoms with van der Waals surface area (Å²) in [6.07, 6.45) is 7.74. The summed E-state index contributed by atoms with van der Waals surface area (Å²) in [4.78, 5) is 17.0. The highest BCUT2D eigenvalue weighted by Gasteiger charge is 2.16. The largest absolute Gasteiger partial charge is 0.465 e. The van der Waals surface area contributed by atoms with Gasteiger partial charge in [-0.15, -0.1) is 11.6 Å². The molecule has 2 rings (SSSR count). The highest BCUT2D eigenvalue weighted by atomic mass is 35.5. The zero-order valence-electron chi connectivity index (χ0n) is 14.0. The minimum Gasteiger partial charge on any atom is -0.465 e. The lowest BCUT2D eigenvalue weighted by molar-refractivity contribution is 0.0601. The molecular weight excluding hydrogens is 351 g/mol. The zero-order chi connectivity index (χ0) is 17.9. The topological polar surface area (TPSA) is 51.2 Å². The first-order valence-electron chi connectivity index (χ1n) is 7.14. The molecule has 1 heterocycles. The van der Waals surface area contributed by atoms with Crippen LogP contribution in [-0.2, 0) is 10.6 Å². The van der Waals surface area contributed by atoms with Crippen LogP contribution in [0.4, 0.5) is 15.8 Å². The van der Waals surface area contributed by atoms with Gasteiger partial charge in [0, 0.05) is 0 Å². The van der Waals surface area contributed by atoms with Crippen LogP contribution in [0, 0.1) is 5.82 Å². The van der Waals surface area contributed by atoms with Crippen molar-refractivity contribution in [1.82, 2.24) is 4.98 Å². The van der Waals surface area contributed by atoms with Crippen molar-refractivity contribution in [2.75, 3.05) is 31.2 Å². The third-order valence-corrected chi connectivity index (χ3v) is 5.36. The van der Waals surface area contributed by atoms with Crippen LogP contribution in [0.15, 0.2) is 35.4 Å². The molecule has 4 nitrogen and oxygen atoms in total. The molecule has 2 aromatic rings. The number of anilines is 2. The van der Waals surface area contributed by atoms with Crippen LogP contribution < -0.4 is 5.32 Å². The van der Waals surface area contributed by atoms with Crippen molar-refractivity contribution in [3.8, 4) is 0 Å². The van der Waals surface area contributed by atoms with E-state index in [0.717, 1.165) is 4.90 Å². The van der Waals surface area contributed by atoms with Gasteiger partial charge in [-0.05, 0) is 47.9 Å². The van der Waals surface area contributed by atoms with E-state index in [4.69, 9.17) is 16.3 Å². The highest BCUT2D eigenvalue weighted by Crippen LogP contribution is 2.45. The first-order valence-corrected chi connectivity index (χ1v) is 10.5. The molecule has 0 aliphatic rings. The lowest BCUT2D eigenvalue weighted by atomic mass is 10.2. The molecule has 0 aliphatic heterocycles. The molecule has 1 aromatic heterocycles. The molecular formula is C17H20ClFN2O2S. The number of aromatic nitrogens is 1. The van der Waals surface area contributed by atoms with Crippen molar-refractivity contribution in [2.24, 2.45) is 0 Å². The molecule has 24 heavy (non-hydrogen) atoms. The van der Waals surface area contributed by atoms with Crippen LogP contribution in [-0.4, -0.2) is 36.8 Å². The summed E-state index contributed by atoms with van der Waals surface area (Å²) in [6, 6.07) is 6.61. The van der Waals surface area contributed by atoms with E-state index in [0.29, 0.717) is 11.4 Å². The van der Waals surface area contributed by atoms with Crippen molar-refractivity contribution in [3.05, 3.63) is 47.5 Å². The Morgan fingerprint density at radius 3 is 2.54 bits per heavy atom. The van der Waals surface area contributed by atoms with Gasteiger partial charge in [-0.25, -0.2) is 19.2 Å². The van der Waals surface area contributed by atoms with E-state index in [-0.39, 0.29) is 22.9 Å². The Hall–Kier alpha value is -1.79. The Morgan fingerprint density at radius 2 is 2.00 bits per heavy atom. The molecule has 0 aliphatic carbocycles. The first kappa shape index (κ1) is 18.5. The second-order valence-electron chi connectivity index (χ2n) is 5.95. The number of esters is 1. The van der Waals surface area contributed by atoms with Crippen molar-refractivity contribution in [2.45, 2.75) is 10.8 Å². The lowest BCUT2D eigenvalue weighted by Gasteiger charge is -2.26. The van der Waals surface area contributed by atoms with Gasteiger partial charge in [0.15, 0.2) is 0 Å². The number of nitrogens with one attached hydrogen (secondary N) is 1. The van der Waals surface area contributed by atoms with Gasteiger partial charge in [0.25, 0.3) is 0 Å². The monoisotopic (exact) mass is 370 g/mol. The molecule has 0 atom stereocenters. The van der Waals surface area contributed by atoms with Crippen molar-refractivity contribution < 1.29 is 13.9 Å². The number of carbonyl (C=O) groups is 1. The Kier molecular flexibility index (Phi) is 5.72. The van der Waals surface area contributed by atoms with Crippen molar-refractivity contribution in [1.29, 1.82) is 0 Å². The fraction of sp³-hybridized carbons (Fsp3) is 0.294. The number of nitrogens with zero attached hydrogens (tertiary/aromatic N) is 1. The molecule has 0 bridgehead atoms. The summed E-state index contributed by atoms with van der Waals surface area (Å²) in [6.45, 7) is 0. The number of ether oxygens (including phenoxy) is 1. The normalized spacial score (nSPS) is 11.9. The third kappa shape index (κ3) is 4.19. The predicted octanol–water partition coefficient (Wildman–Crippen LogP) is 4.54. The summed E-state index contributed by atoms with van der Waals surface area (Å²) in [5.74, 6) is -0.753. The Balaban J connectivity index is 2.39. The molecule has 0 unspecified atom stereocenters. The SMILES string of the molecule is COC(=O)c1cc(CCl)ncc1Nc1ccc(S(C)(C)C)cc1F. The maximum absolute atomic E-state index is 14.4. The first-order chi connectivity index (χ1) is 11.3. The summed E-state index contributed by atoms with van der Waals surface area (Å²) >= 11 is 5.75. The third-order valence-electron chi connectivity index (χ3n) is 3.42. The van der Waals surface area contributed by atoms with E-state index in [1.165, 1.54) is 25.4 Å². The van der Waals surface area contributed by atoms with Crippen LogP contribution in [0.1, 0.15) is 16.1 Å². The second-order valence-corrected chi connectivity index (χ2v) is 10.4. The molecule has 1 aromatic carbocycles. The number of hydrogen-bond donors (Lipinski definition) is 1. The zero-order valence-corrected chi connectivity index (χ0v) is 15.6. The van der Waals surface area contributed by atoms with Crippen molar-refractivity contribution >= 4 is 39.0 Å². The van der Waals surface area contributed by atoms with Crippen LogP contribution in [0.25, 0.3) is 0 Å². The molecule has 7 heteroatoms. The fourth-order valence-corrected chi connectivity index (χ4v) is 3.15. The van der Waals surface area contributed by atoms with Gasteiger partial charge >= 0.3 is 5.97 Å². The van der Waals surface area contributed by atoms with Crippen LogP contribution in [0.3, 0.4) is 0 Å². The van der Waals surface area contributed by atoms with Crippen LogP contribution in [0.2, 0.25) is 0 Å². The Morgan fingerprint density at radius 1 is 1.29 bits per heavy atom. The summed E-state index contributed by atoms with van der Waals surface area (Å²) < 4.78 is 19.2. The van der Waals surface area contributed by atoms with Crippen LogP contribution in [0.5, 0.6) is 0 Å². The number of halogens is 2. The van der Waals surface area contributed by atoms with E-state index in [9.17, 15) is 9.18 Å². The minimum absolute atomic E-state index is 0.168. The van der Waals surface area contributed by atoms with E-state index < -0.39 is 16.0 Å². The van der Waals surface area contributed by atoms with E-state index >= 15 is 0 Å². The average molecular weight is 371 g/mol. The van der Waals surface area contributed by atoms with Gasteiger partial charge < -0.3 is 10.1 Å². The Labute approximate surface area is 147 Å². The molecule has 1 N–H and O–H groups in total. The number of pyridine rings is 1. The highest BCUT2D eigenvalue weighted by molar-refractivity contribution is 8.32. The van der Waals surface area contributed by atoms with Gasteiger partial charge in [-0.3, -0.25) is 4.98 Å². The van der Waals surface area contributed by atoms with E-state index in [1.54, 1.807) is 6.07 Å². The lowest BCUT2D eigenvalue weighted by Crippen LogP contribution is -2.08. The maximum Gasteiger partial charge on any atom is 0.340 e. The van der Waals surface area contributed by atoms with E-state index in [2.05, 4.69) is 29.1 Å². The van der Waals surface area contributed by atoms with Gasteiger partial charge in [-0.1, -0.05) is 0 Å². The quantitative estimate of drug-likeness (QED) is 0.620. The van der Waals surface area contributed by atoms with Crippen LogP contribution >= 0.6 is 21.6 Å². The minimum atomic E-state index is -1.02. The number of carbonyl (C=O) groups excluding carboxylic acids is 1. The number of hydrogen-bond acceptors (Lipinski definition) is 4. The molecule has 0 fully saturated rings. The summed E-state index contributed by atoms with van der Waals surface area (Å²) in [5.41, 5.74) is 1.43. The molecule has 0 radical (unpaired) electrons. The average Bonchev–Trinajstić information content (AvgIpc) is 2.55. The van der Waals surface area contributed by atoms with Gasteiger partial charge in [0.05, 0.1) is 41.8 Å². The Bertz CT molecular complexity index is 763. The second kappa shape index (κ2) is 7.40. The number of rotatable bonds is 5. The number of alkyl halides is 1. The molecule has 0 amide bonds. The fourth-order valence-electron chi connectivity index (χ4n) is 2.07.